The molecule has 0 aliphatic heterocycles. The Kier molecular flexibility index (Phi) is 5.44. The predicted molar refractivity (Wildman–Crippen MR) is 107 cm³/mol. The quantitative estimate of drug-likeness (QED) is 0.506. The van der Waals surface area contributed by atoms with E-state index < -0.39 is 10.8 Å². The van der Waals surface area contributed by atoms with Crippen LogP contribution in [0.25, 0.3) is 10.8 Å². The summed E-state index contributed by atoms with van der Waals surface area (Å²) in [6.45, 7) is 3.35. The maximum Gasteiger partial charge on any atom is 0.293 e. The molecule has 3 aromatic rings. The number of aryl methyl sites for hydroxylation is 2. The van der Waals surface area contributed by atoms with Gasteiger partial charge >= 0.3 is 0 Å². The molecule has 0 aliphatic rings. The van der Waals surface area contributed by atoms with E-state index in [4.69, 9.17) is 9.47 Å². The molecule has 0 radical (unpaired) electrons. The Morgan fingerprint density at radius 2 is 1.64 bits per heavy atom. The van der Waals surface area contributed by atoms with Crippen LogP contribution in [0.4, 0.5) is 11.4 Å². The largest absolute Gasteiger partial charge is 0.497 e. The third-order valence-electron chi connectivity index (χ3n) is 4.47. The number of anilines is 1. The average Bonchev–Trinajstić information content (AvgIpc) is 2.68. The lowest BCUT2D eigenvalue weighted by Crippen LogP contribution is -2.21. The highest BCUT2D eigenvalue weighted by Crippen LogP contribution is 2.28. The molecule has 144 valence electrons. The Bertz CT molecular complexity index is 1060. The summed E-state index contributed by atoms with van der Waals surface area (Å²) >= 11 is 0. The highest BCUT2D eigenvalue weighted by atomic mass is 16.6. The topological polar surface area (TPSA) is 90.7 Å². The van der Waals surface area contributed by atoms with Crippen molar-refractivity contribution in [2.45, 2.75) is 13.8 Å². The molecule has 0 saturated carbocycles. The Hall–Kier alpha value is -3.61. The molecule has 28 heavy (non-hydrogen) atoms. The fourth-order valence-corrected chi connectivity index (χ4v) is 2.81. The number of ether oxygens (including phenoxy) is 2. The van der Waals surface area contributed by atoms with Gasteiger partial charge in [-0.15, -0.1) is 0 Å². The molecule has 0 aromatic heterocycles. The third-order valence-corrected chi connectivity index (χ3v) is 4.47. The van der Waals surface area contributed by atoms with Crippen molar-refractivity contribution in [2.24, 2.45) is 0 Å². The van der Waals surface area contributed by atoms with Crippen molar-refractivity contribution >= 4 is 28.1 Å². The Morgan fingerprint density at radius 3 is 2.32 bits per heavy atom. The van der Waals surface area contributed by atoms with Crippen molar-refractivity contribution in [3.05, 3.63) is 69.8 Å². The SMILES string of the molecule is COc1ccc2ccc(OCC(=O)Nc3cc(C)c(C)cc3[N+](=O)[O-])cc2c1. The number of methoxy groups -OCH3 is 1. The number of hydrogen-bond acceptors (Lipinski definition) is 5. The van der Waals surface area contributed by atoms with Crippen molar-refractivity contribution in [3.8, 4) is 11.5 Å². The van der Waals surface area contributed by atoms with Gasteiger partial charge in [0.25, 0.3) is 11.6 Å². The number of hydrogen-bond donors (Lipinski definition) is 1. The van der Waals surface area contributed by atoms with Gasteiger partial charge in [0.05, 0.1) is 12.0 Å². The predicted octanol–water partition coefficient (Wildman–Crippen LogP) is 4.39. The highest BCUT2D eigenvalue weighted by Gasteiger charge is 2.17. The molecule has 1 amide bonds. The van der Waals surface area contributed by atoms with Gasteiger partial charge in [-0.3, -0.25) is 14.9 Å². The fraction of sp³-hybridized carbons (Fsp3) is 0.190. The fourth-order valence-electron chi connectivity index (χ4n) is 2.81. The zero-order valence-corrected chi connectivity index (χ0v) is 15.8. The first kappa shape index (κ1) is 19.2. The number of nitrogens with one attached hydrogen (secondary N) is 1. The van der Waals surface area contributed by atoms with Gasteiger partial charge in [-0.25, -0.2) is 0 Å². The van der Waals surface area contributed by atoms with E-state index in [0.717, 1.165) is 27.6 Å². The maximum absolute atomic E-state index is 12.2. The summed E-state index contributed by atoms with van der Waals surface area (Å²) in [7, 11) is 1.60. The van der Waals surface area contributed by atoms with Gasteiger partial charge in [-0.05, 0) is 66.1 Å². The van der Waals surface area contributed by atoms with Crippen LogP contribution in [0.3, 0.4) is 0 Å². The van der Waals surface area contributed by atoms with Crippen molar-refractivity contribution in [1.29, 1.82) is 0 Å². The van der Waals surface area contributed by atoms with Crippen LogP contribution in [0.2, 0.25) is 0 Å². The zero-order chi connectivity index (χ0) is 20.3. The number of carbonyl (C=O) groups is 1. The minimum atomic E-state index is -0.514. The van der Waals surface area contributed by atoms with Crippen LogP contribution >= 0.6 is 0 Å². The molecule has 7 heteroatoms. The molecule has 0 heterocycles. The van der Waals surface area contributed by atoms with Crippen LogP contribution in [-0.4, -0.2) is 24.5 Å². The molecule has 0 spiro atoms. The van der Waals surface area contributed by atoms with Gasteiger partial charge in [0.1, 0.15) is 17.2 Å². The van der Waals surface area contributed by atoms with Crippen LogP contribution in [0.5, 0.6) is 11.5 Å². The van der Waals surface area contributed by atoms with E-state index in [9.17, 15) is 14.9 Å². The van der Waals surface area contributed by atoms with Crippen LogP contribution < -0.4 is 14.8 Å². The minimum Gasteiger partial charge on any atom is -0.497 e. The number of amides is 1. The second-order valence-corrected chi connectivity index (χ2v) is 6.42. The Morgan fingerprint density at radius 1 is 1.00 bits per heavy atom. The molecule has 7 nitrogen and oxygen atoms in total. The molecule has 0 atom stereocenters. The standard InChI is InChI=1S/C21H20N2O5/c1-13-8-19(20(23(25)26)9-14(13)2)22-21(24)12-28-18-7-5-15-4-6-17(27-3)10-16(15)11-18/h4-11H,12H2,1-3H3,(H,22,24). The average molecular weight is 380 g/mol. The van der Waals surface area contributed by atoms with E-state index in [1.165, 1.54) is 6.07 Å². The van der Waals surface area contributed by atoms with E-state index in [1.807, 2.05) is 37.3 Å². The van der Waals surface area contributed by atoms with Gasteiger partial charge in [-0.2, -0.15) is 0 Å². The van der Waals surface area contributed by atoms with Crippen molar-refractivity contribution in [1.82, 2.24) is 0 Å². The first-order chi connectivity index (χ1) is 13.4. The summed E-state index contributed by atoms with van der Waals surface area (Å²) in [5, 5.41) is 15.7. The summed E-state index contributed by atoms with van der Waals surface area (Å²) in [4.78, 5) is 23.0. The summed E-state index contributed by atoms with van der Waals surface area (Å²) in [6, 6.07) is 14.2. The molecular weight excluding hydrogens is 360 g/mol. The minimum absolute atomic E-state index is 0.144. The molecule has 0 saturated heterocycles. The number of nitro groups is 1. The lowest BCUT2D eigenvalue weighted by molar-refractivity contribution is -0.384. The van der Waals surface area contributed by atoms with Gasteiger partial charge in [0.15, 0.2) is 6.61 Å². The second-order valence-electron chi connectivity index (χ2n) is 6.42. The maximum atomic E-state index is 12.2. The van der Waals surface area contributed by atoms with E-state index >= 15 is 0 Å². The van der Waals surface area contributed by atoms with Crippen LogP contribution in [0.1, 0.15) is 11.1 Å². The molecule has 1 N–H and O–H groups in total. The van der Waals surface area contributed by atoms with Crippen LogP contribution in [0.15, 0.2) is 48.5 Å². The first-order valence-corrected chi connectivity index (χ1v) is 8.63. The van der Waals surface area contributed by atoms with E-state index in [0.29, 0.717) is 5.75 Å². The summed E-state index contributed by atoms with van der Waals surface area (Å²) < 4.78 is 10.8. The number of carbonyl (C=O) groups excluding carboxylic acids is 1. The van der Waals surface area contributed by atoms with Crippen molar-refractivity contribution in [3.63, 3.8) is 0 Å². The van der Waals surface area contributed by atoms with Gasteiger partial charge < -0.3 is 14.8 Å². The zero-order valence-electron chi connectivity index (χ0n) is 15.8. The van der Waals surface area contributed by atoms with E-state index in [1.54, 1.807) is 26.2 Å². The molecule has 0 aliphatic carbocycles. The number of nitrogens with zero attached hydrogens (tertiary/aromatic N) is 1. The first-order valence-electron chi connectivity index (χ1n) is 8.63. The normalized spacial score (nSPS) is 10.5. The lowest BCUT2D eigenvalue weighted by Gasteiger charge is -2.10. The van der Waals surface area contributed by atoms with Crippen LogP contribution in [-0.2, 0) is 4.79 Å². The summed E-state index contributed by atoms with van der Waals surface area (Å²) in [6.07, 6.45) is 0. The summed E-state index contributed by atoms with van der Waals surface area (Å²) in [5.74, 6) is 0.770. The molecule has 0 bridgehead atoms. The van der Waals surface area contributed by atoms with Gasteiger partial charge in [-0.1, -0.05) is 12.1 Å². The second kappa shape index (κ2) is 7.96. The molecule has 3 aromatic carbocycles. The number of rotatable bonds is 6. The van der Waals surface area contributed by atoms with E-state index in [-0.39, 0.29) is 18.0 Å². The smallest absolute Gasteiger partial charge is 0.293 e. The van der Waals surface area contributed by atoms with E-state index in [2.05, 4.69) is 5.32 Å². The summed E-state index contributed by atoms with van der Waals surface area (Å²) in [5.41, 5.74) is 1.65. The van der Waals surface area contributed by atoms with Crippen LogP contribution in [0, 0.1) is 24.0 Å². The monoisotopic (exact) mass is 380 g/mol. The van der Waals surface area contributed by atoms with Gasteiger partial charge in [0.2, 0.25) is 0 Å². The third kappa shape index (κ3) is 4.20. The van der Waals surface area contributed by atoms with Crippen molar-refractivity contribution in [2.75, 3.05) is 19.0 Å². The number of fused-ring (bicyclic) bond motifs is 1. The Balaban J connectivity index is 1.72. The molecule has 0 fully saturated rings. The number of benzene rings is 3. The highest BCUT2D eigenvalue weighted by molar-refractivity contribution is 5.94. The molecule has 3 rings (SSSR count). The Labute approximate surface area is 162 Å². The lowest BCUT2D eigenvalue weighted by atomic mass is 10.1. The number of nitro benzene ring substituents is 1. The molecular formula is C21H20N2O5. The van der Waals surface area contributed by atoms with Crippen molar-refractivity contribution < 1.29 is 19.2 Å². The van der Waals surface area contributed by atoms with Gasteiger partial charge in [0, 0.05) is 6.07 Å². The molecule has 0 unspecified atom stereocenters.